The molecule has 0 spiro atoms. The Kier molecular flexibility index (Phi) is 50.2. The molecule has 16 nitrogen and oxygen atoms in total. The fourth-order valence-corrected chi connectivity index (χ4v) is 3.84. The van der Waals surface area contributed by atoms with Gasteiger partial charge >= 0.3 is 0 Å². The first-order valence-electron chi connectivity index (χ1n) is 19.2. The van der Waals surface area contributed by atoms with E-state index in [0.29, 0.717) is 185 Å². The maximum atomic E-state index is 5.57. The van der Waals surface area contributed by atoms with E-state index >= 15 is 0 Å². The van der Waals surface area contributed by atoms with Crippen LogP contribution in [0.2, 0.25) is 0 Å². The SMILES string of the molecule is C=CCOCCOCCOCCOCCOCCOCCOCCOCCOCCOCCOCCOCCOCCCOCCCOCCCOC. The average Bonchev–Trinajstić information content (AvgIpc) is 3.17. The van der Waals surface area contributed by atoms with Crippen molar-refractivity contribution in [2.75, 3.05) is 212 Å². The summed E-state index contributed by atoms with van der Waals surface area (Å²) in [5.74, 6) is 0. The van der Waals surface area contributed by atoms with Gasteiger partial charge in [-0.05, 0) is 19.3 Å². The minimum atomic E-state index is 0.505. The summed E-state index contributed by atoms with van der Waals surface area (Å²) in [6, 6.07) is 0. The van der Waals surface area contributed by atoms with Gasteiger partial charge in [-0.1, -0.05) is 6.08 Å². The Morgan fingerprint density at radius 2 is 0.415 bits per heavy atom. The molecular weight excluding hydrogens is 700 g/mol. The smallest absolute Gasteiger partial charge is 0.0704 e. The standard InChI is InChI=1S/C37H74O16/c1-3-7-39-14-16-43-18-20-45-22-24-47-26-28-49-30-32-51-34-36-53-37-35-52-33-31-50-29-27-48-25-23-46-21-19-44-17-15-42-13-6-12-41-11-5-10-40-9-4-8-38-2/h3H,1,4-37H2,2H3. The van der Waals surface area contributed by atoms with Gasteiger partial charge in [0, 0.05) is 46.8 Å². The highest BCUT2D eigenvalue weighted by Gasteiger charge is 1.98. The molecule has 0 aliphatic heterocycles. The second-order valence-corrected chi connectivity index (χ2v) is 11.0. The van der Waals surface area contributed by atoms with Gasteiger partial charge in [0.25, 0.3) is 0 Å². The van der Waals surface area contributed by atoms with Gasteiger partial charge in [-0.15, -0.1) is 6.58 Å². The van der Waals surface area contributed by atoms with E-state index in [9.17, 15) is 0 Å². The lowest BCUT2D eigenvalue weighted by Crippen LogP contribution is -2.15. The van der Waals surface area contributed by atoms with E-state index in [1.807, 2.05) is 0 Å². The molecule has 0 saturated carbocycles. The first-order chi connectivity index (χ1) is 26.4. The van der Waals surface area contributed by atoms with E-state index in [-0.39, 0.29) is 0 Å². The fourth-order valence-electron chi connectivity index (χ4n) is 3.84. The second-order valence-electron chi connectivity index (χ2n) is 11.0. The average molecular weight is 775 g/mol. The minimum Gasteiger partial charge on any atom is -0.385 e. The third-order valence-electron chi connectivity index (χ3n) is 6.49. The van der Waals surface area contributed by atoms with Crippen LogP contribution >= 0.6 is 0 Å². The lowest BCUT2D eigenvalue weighted by atomic mass is 10.4. The molecule has 0 heterocycles. The first kappa shape index (κ1) is 52.1. The molecule has 0 rings (SSSR count). The van der Waals surface area contributed by atoms with E-state index in [1.165, 1.54) is 0 Å². The summed E-state index contributed by atoms with van der Waals surface area (Å²) in [6.07, 6.45) is 4.41. The van der Waals surface area contributed by atoms with Crippen molar-refractivity contribution in [2.45, 2.75) is 19.3 Å². The number of hydrogen-bond acceptors (Lipinski definition) is 16. The van der Waals surface area contributed by atoms with Crippen molar-refractivity contribution in [3.8, 4) is 0 Å². The molecule has 0 aromatic rings. The number of methoxy groups -OCH3 is 1. The molecular formula is C37H74O16. The van der Waals surface area contributed by atoms with Gasteiger partial charge in [0.05, 0.1) is 165 Å². The maximum absolute atomic E-state index is 5.57. The second kappa shape index (κ2) is 51.1. The zero-order valence-corrected chi connectivity index (χ0v) is 32.9. The zero-order valence-electron chi connectivity index (χ0n) is 32.9. The van der Waals surface area contributed by atoms with Crippen LogP contribution in [0, 0.1) is 0 Å². The summed E-state index contributed by atoms with van der Waals surface area (Å²) in [6.45, 7) is 20.9. The van der Waals surface area contributed by atoms with Crippen LogP contribution in [-0.2, 0) is 75.8 Å². The van der Waals surface area contributed by atoms with Gasteiger partial charge in [-0.25, -0.2) is 0 Å². The molecule has 0 N–H and O–H groups in total. The Bertz CT molecular complexity index is 652. The molecule has 0 saturated heterocycles. The van der Waals surface area contributed by atoms with Crippen molar-refractivity contribution < 1.29 is 75.8 Å². The van der Waals surface area contributed by atoms with Gasteiger partial charge < -0.3 is 75.8 Å². The number of rotatable bonds is 50. The van der Waals surface area contributed by atoms with E-state index in [2.05, 4.69) is 6.58 Å². The summed E-state index contributed by atoms with van der Waals surface area (Å²) in [4.78, 5) is 0. The molecule has 16 heteroatoms. The van der Waals surface area contributed by atoms with Gasteiger partial charge in [-0.3, -0.25) is 0 Å². The van der Waals surface area contributed by atoms with Crippen molar-refractivity contribution in [1.29, 1.82) is 0 Å². The highest BCUT2D eigenvalue weighted by Crippen LogP contribution is 1.92. The molecule has 318 valence electrons. The summed E-state index contributed by atoms with van der Waals surface area (Å²) in [5, 5.41) is 0. The quantitative estimate of drug-likeness (QED) is 0.0657. The topological polar surface area (TPSA) is 148 Å². The van der Waals surface area contributed by atoms with Crippen LogP contribution in [-0.4, -0.2) is 212 Å². The van der Waals surface area contributed by atoms with Crippen molar-refractivity contribution in [3.05, 3.63) is 12.7 Å². The lowest BCUT2D eigenvalue weighted by molar-refractivity contribution is -0.0290. The molecule has 0 radical (unpaired) electrons. The highest BCUT2D eigenvalue weighted by atomic mass is 16.6. The van der Waals surface area contributed by atoms with Crippen LogP contribution in [0.5, 0.6) is 0 Å². The Morgan fingerprint density at radius 3 is 0.623 bits per heavy atom. The third-order valence-corrected chi connectivity index (χ3v) is 6.49. The van der Waals surface area contributed by atoms with Crippen LogP contribution in [0.3, 0.4) is 0 Å². The number of hydrogen-bond donors (Lipinski definition) is 0. The Balaban J connectivity index is 3.05. The largest absolute Gasteiger partial charge is 0.385 e. The van der Waals surface area contributed by atoms with Gasteiger partial charge in [0.15, 0.2) is 0 Å². The minimum absolute atomic E-state index is 0.505. The maximum Gasteiger partial charge on any atom is 0.0704 e. The van der Waals surface area contributed by atoms with Crippen LogP contribution in [0.25, 0.3) is 0 Å². The van der Waals surface area contributed by atoms with E-state index in [4.69, 9.17) is 75.8 Å². The Morgan fingerprint density at radius 1 is 0.245 bits per heavy atom. The Labute approximate surface area is 319 Å². The summed E-state index contributed by atoms with van der Waals surface area (Å²) in [5.41, 5.74) is 0. The van der Waals surface area contributed by atoms with Crippen LogP contribution in [0.1, 0.15) is 19.3 Å². The van der Waals surface area contributed by atoms with Crippen molar-refractivity contribution in [1.82, 2.24) is 0 Å². The molecule has 0 aliphatic rings. The molecule has 0 aliphatic carbocycles. The lowest BCUT2D eigenvalue weighted by Gasteiger charge is -2.09. The summed E-state index contributed by atoms with van der Waals surface area (Å²) in [7, 11) is 1.70. The van der Waals surface area contributed by atoms with Gasteiger partial charge in [-0.2, -0.15) is 0 Å². The molecule has 0 aromatic heterocycles. The van der Waals surface area contributed by atoms with Crippen LogP contribution in [0.4, 0.5) is 0 Å². The van der Waals surface area contributed by atoms with E-state index in [1.54, 1.807) is 13.2 Å². The van der Waals surface area contributed by atoms with Gasteiger partial charge in [0.2, 0.25) is 0 Å². The van der Waals surface area contributed by atoms with Crippen molar-refractivity contribution in [3.63, 3.8) is 0 Å². The molecule has 0 aromatic carbocycles. The molecule has 0 atom stereocenters. The van der Waals surface area contributed by atoms with Crippen molar-refractivity contribution >= 4 is 0 Å². The van der Waals surface area contributed by atoms with Crippen LogP contribution < -0.4 is 0 Å². The van der Waals surface area contributed by atoms with Crippen molar-refractivity contribution in [2.24, 2.45) is 0 Å². The van der Waals surface area contributed by atoms with E-state index < -0.39 is 0 Å². The molecule has 0 fully saturated rings. The normalized spacial score (nSPS) is 11.6. The molecule has 53 heavy (non-hydrogen) atoms. The summed E-state index contributed by atoms with van der Waals surface area (Å²) < 4.78 is 87.0. The molecule has 0 amide bonds. The van der Waals surface area contributed by atoms with Gasteiger partial charge in [0.1, 0.15) is 0 Å². The fraction of sp³-hybridized carbons (Fsp3) is 0.946. The zero-order chi connectivity index (χ0) is 38.1. The highest BCUT2D eigenvalue weighted by molar-refractivity contribution is 4.63. The Hall–Kier alpha value is -0.900. The number of ether oxygens (including phenoxy) is 16. The first-order valence-corrected chi connectivity index (χ1v) is 19.2. The predicted octanol–water partition coefficient (Wildman–Crippen LogP) is 2.24. The molecule has 0 unspecified atom stereocenters. The monoisotopic (exact) mass is 774 g/mol. The predicted molar refractivity (Wildman–Crippen MR) is 198 cm³/mol. The third kappa shape index (κ3) is 51.1. The summed E-state index contributed by atoms with van der Waals surface area (Å²) >= 11 is 0. The van der Waals surface area contributed by atoms with E-state index in [0.717, 1.165) is 39.1 Å². The molecule has 0 bridgehead atoms. The van der Waals surface area contributed by atoms with Crippen LogP contribution in [0.15, 0.2) is 12.7 Å².